The van der Waals surface area contributed by atoms with Crippen molar-refractivity contribution >= 4 is 0 Å². The molecule has 0 nitrogen and oxygen atoms in total. The molecule has 0 saturated heterocycles. The van der Waals surface area contributed by atoms with E-state index in [2.05, 4.69) is 68.4 Å². The predicted molar refractivity (Wildman–Crippen MR) is 84.8 cm³/mol. The lowest BCUT2D eigenvalue weighted by Gasteiger charge is -2.41. The molecule has 0 fully saturated rings. The summed E-state index contributed by atoms with van der Waals surface area (Å²) in [6, 6.07) is 0. The van der Waals surface area contributed by atoms with Crippen molar-refractivity contribution in [2.24, 2.45) is 22.7 Å². The van der Waals surface area contributed by atoms with Crippen molar-refractivity contribution in [2.45, 2.75) is 81.6 Å². The zero-order valence-electron chi connectivity index (χ0n) is 14.4. The Labute approximate surface area is 116 Å². The zero-order valence-corrected chi connectivity index (χ0v) is 14.4. The molecule has 0 aromatic heterocycles. The summed E-state index contributed by atoms with van der Waals surface area (Å²) >= 11 is 0. The Morgan fingerprint density at radius 2 is 1.56 bits per heavy atom. The third kappa shape index (κ3) is 6.07. The fourth-order valence-corrected chi connectivity index (χ4v) is 2.59. The van der Waals surface area contributed by atoms with Crippen LogP contribution >= 0.6 is 0 Å². The van der Waals surface area contributed by atoms with Crippen molar-refractivity contribution < 1.29 is 0 Å². The van der Waals surface area contributed by atoms with Crippen LogP contribution in [0.3, 0.4) is 0 Å². The molecule has 0 amide bonds. The van der Waals surface area contributed by atoms with E-state index in [-0.39, 0.29) is 0 Å². The van der Waals surface area contributed by atoms with Gasteiger partial charge in [-0.3, -0.25) is 0 Å². The van der Waals surface area contributed by atoms with Crippen molar-refractivity contribution in [3.63, 3.8) is 0 Å². The zero-order chi connectivity index (χ0) is 14.6. The fraction of sp³-hybridized carbons (Fsp3) is 0.889. The van der Waals surface area contributed by atoms with Gasteiger partial charge in [0.25, 0.3) is 0 Å². The van der Waals surface area contributed by atoms with Gasteiger partial charge >= 0.3 is 0 Å². The second kappa shape index (κ2) is 6.78. The summed E-state index contributed by atoms with van der Waals surface area (Å²) in [6.45, 7) is 21.2. The lowest BCUT2D eigenvalue weighted by molar-refractivity contribution is 0.0951. The first kappa shape index (κ1) is 17.7. The van der Waals surface area contributed by atoms with Crippen LogP contribution < -0.4 is 0 Å². The molecule has 0 saturated carbocycles. The van der Waals surface area contributed by atoms with E-state index in [1.54, 1.807) is 5.57 Å². The van der Waals surface area contributed by atoms with Gasteiger partial charge in [0.05, 0.1) is 0 Å². The largest absolute Gasteiger partial charge is 0.0828 e. The predicted octanol–water partition coefficient (Wildman–Crippen LogP) is 6.47. The molecule has 0 aromatic carbocycles. The Morgan fingerprint density at radius 1 is 1.06 bits per heavy atom. The molecule has 0 aliphatic heterocycles. The Hall–Kier alpha value is -0.260. The van der Waals surface area contributed by atoms with Crippen LogP contribution in [0.1, 0.15) is 81.6 Å². The Kier molecular flexibility index (Phi) is 6.68. The number of rotatable bonds is 6. The highest BCUT2D eigenvalue weighted by Gasteiger charge is 2.33. The summed E-state index contributed by atoms with van der Waals surface area (Å²) < 4.78 is 0. The van der Waals surface area contributed by atoms with Gasteiger partial charge in [0.2, 0.25) is 0 Å². The standard InChI is InChI=1S/C18H36/c1-10-14(2)13-15(3)11-12-18(8,9)16(4)17(5,6)7/h13-14,16H,10-12H2,1-9H3. The van der Waals surface area contributed by atoms with Crippen LogP contribution in [0, 0.1) is 22.7 Å². The van der Waals surface area contributed by atoms with Crippen molar-refractivity contribution in [1.29, 1.82) is 0 Å². The van der Waals surface area contributed by atoms with Crippen LogP contribution in [0.5, 0.6) is 0 Å². The van der Waals surface area contributed by atoms with Gasteiger partial charge in [-0.2, -0.15) is 0 Å². The second-order valence-corrected chi connectivity index (χ2v) is 7.97. The smallest absolute Gasteiger partial charge is 0.0262 e. The molecule has 0 bridgehead atoms. The SMILES string of the molecule is CCC(C)C=C(C)CCC(C)(C)C(C)C(C)(C)C. The first-order chi connectivity index (χ1) is 8.00. The third-order valence-electron chi connectivity index (χ3n) is 4.85. The van der Waals surface area contributed by atoms with Gasteiger partial charge in [-0.15, -0.1) is 0 Å². The van der Waals surface area contributed by atoms with E-state index in [4.69, 9.17) is 0 Å². The van der Waals surface area contributed by atoms with E-state index >= 15 is 0 Å². The summed E-state index contributed by atoms with van der Waals surface area (Å²) in [5.74, 6) is 1.47. The van der Waals surface area contributed by atoms with E-state index in [1.165, 1.54) is 19.3 Å². The van der Waals surface area contributed by atoms with Crippen LogP contribution in [-0.2, 0) is 0 Å². The number of allylic oxidation sites excluding steroid dienone is 2. The monoisotopic (exact) mass is 252 g/mol. The molecule has 0 aromatic rings. The first-order valence-electron chi connectivity index (χ1n) is 7.68. The van der Waals surface area contributed by atoms with Crippen LogP contribution in [0.2, 0.25) is 0 Å². The highest BCUT2D eigenvalue weighted by Crippen LogP contribution is 2.43. The molecule has 0 aliphatic carbocycles. The minimum Gasteiger partial charge on any atom is -0.0828 e. The van der Waals surface area contributed by atoms with Gasteiger partial charge in [-0.1, -0.05) is 73.5 Å². The maximum atomic E-state index is 2.46. The van der Waals surface area contributed by atoms with Gasteiger partial charge in [-0.25, -0.2) is 0 Å². The van der Waals surface area contributed by atoms with Crippen LogP contribution in [0.15, 0.2) is 11.6 Å². The summed E-state index contributed by atoms with van der Waals surface area (Å²) in [7, 11) is 0. The third-order valence-corrected chi connectivity index (χ3v) is 4.85. The molecule has 0 radical (unpaired) electrons. The number of hydrogen-bond acceptors (Lipinski definition) is 0. The van der Waals surface area contributed by atoms with Gasteiger partial charge in [0.1, 0.15) is 0 Å². The molecule has 0 N–H and O–H groups in total. The fourth-order valence-electron chi connectivity index (χ4n) is 2.59. The summed E-state index contributed by atoms with van der Waals surface area (Å²) in [6.07, 6.45) is 6.25. The van der Waals surface area contributed by atoms with Crippen LogP contribution in [0.4, 0.5) is 0 Å². The molecular formula is C18H36. The minimum atomic E-state index is 0.401. The topological polar surface area (TPSA) is 0 Å². The molecule has 18 heavy (non-hydrogen) atoms. The average Bonchev–Trinajstić information content (AvgIpc) is 2.24. The van der Waals surface area contributed by atoms with E-state index in [0.717, 1.165) is 11.8 Å². The lowest BCUT2D eigenvalue weighted by atomic mass is 9.65. The molecule has 0 aliphatic rings. The maximum absolute atomic E-state index is 2.46. The minimum absolute atomic E-state index is 0.401. The first-order valence-corrected chi connectivity index (χ1v) is 7.68. The van der Waals surface area contributed by atoms with E-state index in [9.17, 15) is 0 Å². The average molecular weight is 252 g/mol. The highest BCUT2D eigenvalue weighted by atomic mass is 14.4. The molecule has 108 valence electrons. The molecule has 0 heteroatoms. The van der Waals surface area contributed by atoms with E-state index in [1.807, 2.05) is 0 Å². The van der Waals surface area contributed by atoms with Crippen molar-refractivity contribution in [2.75, 3.05) is 0 Å². The Morgan fingerprint density at radius 3 is 1.94 bits per heavy atom. The normalized spacial score (nSPS) is 17.7. The van der Waals surface area contributed by atoms with E-state index in [0.29, 0.717) is 10.8 Å². The summed E-state index contributed by atoms with van der Waals surface area (Å²) in [5, 5.41) is 0. The van der Waals surface area contributed by atoms with Gasteiger partial charge in [-0.05, 0) is 42.4 Å². The van der Waals surface area contributed by atoms with Gasteiger partial charge in [0.15, 0.2) is 0 Å². The van der Waals surface area contributed by atoms with E-state index < -0.39 is 0 Å². The van der Waals surface area contributed by atoms with Crippen molar-refractivity contribution in [3.05, 3.63) is 11.6 Å². The Bertz CT molecular complexity index is 262. The number of hydrogen-bond donors (Lipinski definition) is 0. The molecule has 2 atom stereocenters. The van der Waals surface area contributed by atoms with Crippen molar-refractivity contribution in [3.8, 4) is 0 Å². The summed E-state index contributed by atoms with van der Waals surface area (Å²) in [4.78, 5) is 0. The summed E-state index contributed by atoms with van der Waals surface area (Å²) in [5.41, 5.74) is 2.39. The highest BCUT2D eigenvalue weighted by molar-refractivity contribution is 5.01. The molecular weight excluding hydrogens is 216 g/mol. The second-order valence-electron chi connectivity index (χ2n) is 7.97. The maximum Gasteiger partial charge on any atom is -0.0262 e. The lowest BCUT2D eigenvalue weighted by Crippen LogP contribution is -2.32. The molecule has 0 heterocycles. The van der Waals surface area contributed by atoms with Gasteiger partial charge in [0, 0.05) is 0 Å². The molecule has 2 unspecified atom stereocenters. The van der Waals surface area contributed by atoms with Crippen LogP contribution in [-0.4, -0.2) is 0 Å². The quantitative estimate of drug-likeness (QED) is 0.475. The van der Waals surface area contributed by atoms with Crippen molar-refractivity contribution in [1.82, 2.24) is 0 Å². The molecule has 0 rings (SSSR count). The Balaban J connectivity index is 4.48. The van der Waals surface area contributed by atoms with Crippen LogP contribution in [0.25, 0.3) is 0 Å². The van der Waals surface area contributed by atoms with Gasteiger partial charge < -0.3 is 0 Å². The molecule has 0 spiro atoms.